The number of nitrogens with one attached hydrogen (secondary N) is 2. The average Bonchev–Trinajstić information content (AvgIpc) is 3.48. The summed E-state index contributed by atoms with van der Waals surface area (Å²) in [7, 11) is 3.27. The molecule has 1 aliphatic heterocycles. The van der Waals surface area contributed by atoms with Crippen LogP contribution >= 0.6 is 12.2 Å². The molecule has 0 spiro atoms. The minimum atomic E-state index is -0.200. The van der Waals surface area contributed by atoms with Crippen molar-refractivity contribution in [3.63, 3.8) is 0 Å². The number of aryl methyl sites for hydroxylation is 1. The van der Waals surface area contributed by atoms with Crippen LogP contribution in [0, 0.1) is 13.8 Å². The maximum Gasteiger partial charge on any atom is 0.224 e. The van der Waals surface area contributed by atoms with Crippen molar-refractivity contribution in [3.8, 4) is 17.2 Å². The Morgan fingerprint density at radius 2 is 1.85 bits per heavy atom. The van der Waals surface area contributed by atoms with Gasteiger partial charge in [0.05, 0.1) is 37.7 Å². The van der Waals surface area contributed by atoms with Crippen LogP contribution in [0.2, 0.25) is 0 Å². The van der Waals surface area contributed by atoms with Crippen LogP contribution in [0.1, 0.15) is 48.1 Å². The van der Waals surface area contributed by atoms with Crippen LogP contribution in [-0.4, -0.2) is 34.8 Å². The molecule has 8 nitrogen and oxygen atoms in total. The first kappa shape index (κ1) is 27.2. The number of thiocarbonyl (C=S) groups is 1. The third-order valence-electron chi connectivity index (χ3n) is 7.26. The molecular formula is C31H33N5O3S. The summed E-state index contributed by atoms with van der Waals surface area (Å²) in [6.07, 6.45) is 2.18. The second-order valence-electron chi connectivity index (χ2n) is 9.65. The van der Waals surface area contributed by atoms with Crippen LogP contribution in [0.25, 0.3) is 5.69 Å². The first-order valence-corrected chi connectivity index (χ1v) is 13.6. The molecule has 40 heavy (non-hydrogen) atoms. The minimum Gasteiger partial charge on any atom is -0.497 e. The first-order chi connectivity index (χ1) is 19.4. The fourth-order valence-corrected chi connectivity index (χ4v) is 5.70. The number of nitrogens with zero attached hydrogens (tertiary/aromatic N) is 3. The number of ether oxygens (including phenoxy) is 2. The zero-order valence-electron chi connectivity index (χ0n) is 23.3. The molecule has 1 aliphatic rings. The summed E-state index contributed by atoms with van der Waals surface area (Å²) in [5.41, 5.74) is 6.67. The van der Waals surface area contributed by atoms with Gasteiger partial charge in [-0.05, 0) is 74.1 Å². The second-order valence-corrected chi connectivity index (χ2v) is 10.0. The predicted octanol–water partition coefficient (Wildman–Crippen LogP) is 6.03. The molecule has 2 unspecified atom stereocenters. The van der Waals surface area contributed by atoms with Crippen molar-refractivity contribution in [3.05, 3.63) is 95.6 Å². The van der Waals surface area contributed by atoms with Crippen LogP contribution in [0.15, 0.2) is 72.9 Å². The van der Waals surface area contributed by atoms with E-state index in [1.54, 1.807) is 20.4 Å². The number of carbonyl (C=O) groups excluding carboxylic acids is 1. The number of aromatic nitrogens is 2. The highest BCUT2D eigenvalue weighted by Crippen LogP contribution is 2.45. The van der Waals surface area contributed by atoms with Gasteiger partial charge >= 0.3 is 0 Å². The highest BCUT2D eigenvalue weighted by Gasteiger charge is 2.42. The van der Waals surface area contributed by atoms with Crippen molar-refractivity contribution in [2.24, 2.45) is 0 Å². The zero-order chi connectivity index (χ0) is 28.4. The molecule has 4 aromatic rings. The van der Waals surface area contributed by atoms with Gasteiger partial charge in [-0.2, -0.15) is 0 Å². The summed E-state index contributed by atoms with van der Waals surface area (Å²) in [4.78, 5) is 18.9. The van der Waals surface area contributed by atoms with Crippen molar-refractivity contribution < 1.29 is 14.3 Å². The standard InChI is InChI=1S/C31H33N5O3S/c1-6-28(37)33-25-14-13-22(18-27(25)39-5)36-30(29(34-31(36)40)26-12-7-8-15-32-26)24-16-19(2)35(20(24)3)21-10-9-11-23(17-21)38-4/h7-18,29-30H,6H2,1-5H3,(H,33,37)(H,34,40). The number of carbonyl (C=O) groups is 1. The molecule has 2 atom stereocenters. The topological polar surface area (TPSA) is 80.7 Å². The molecule has 9 heteroatoms. The fourth-order valence-electron chi connectivity index (χ4n) is 5.35. The van der Waals surface area contributed by atoms with E-state index in [0.29, 0.717) is 23.0 Å². The van der Waals surface area contributed by atoms with Gasteiger partial charge in [0.25, 0.3) is 0 Å². The maximum atomic E-state index is 12.1. The van der Waals surface area contributed by atoms with Gasteiger partial charge in [0.15, 0.2) is 5.11 Å². The molecule has 0 saturated carbocycles. The Labute approximate surface area is 239 Å². The van der Waals surface area contributed by atoms with Crippen LogP contribution in [0.5, 0.6) is 11.5 Å². The van der Waals surface area contributed by atoms with Gasteiger partial charge < -0.3 is 29.6 Å². The summed E-state index contributed by atoms with van der Waals surface area (Å²) in [5, 5.41) is 7.02. The molecule has 2 N–H and O–H groups in total. The lowest BCUT2D eigenvalue weighted by molar-refractivity contribution is -0.115. The van der Waals surface area contributed by atoms with E-state index in [2.05, 4.69) is 51.1 Å². The Morgan fingerprint density at radius 1 is 1.02 bits per heavy atom. The van der Waals surface area contributed by atoms with Crippen LogP contribution in [0.4, 0.5) is 11.4 Å². The highest BCUT2D eigenvalue weighted by molar-refractivity contribution is 7.80. The van der Waals surface area contributed by atoms with E-state index in [-0.39, 0.29) is 18.0 Å². The van der Waals surface area contributed by atoms with Crippen LogP contribution < -0.4 is 25.0 Å². The molecule has 206 valence electrons. The van der Waals surface area contributed by atoms with E-state index in [1.807, 2.05) is 61.5 Å². The molecule has 1 saturated heterocycles. The predicted molar refractivity (Wildman–Crippen MR) is 162 cm³/mol. The molecule has 1 fully saturated rings. The Morgan fingerprint density at radius 3 is 2.55 bits per heavy atom. The van der Waals surface area contributed by atoms with E-state index in [0.717, 1.165) is 39.8 Å². The Balaban J connectivity index is 1.64. The number of rotatable bonds is 8. The van der Waals surface area contributed by atoms with Gasteiger partial charge in [0.1, 0.15) is 11.5 Å². The van der Waals surface area contributed by atoms with Crippen molar-refractivity contribution in [1.82, 2.24) is 14.9 Å². The van der Waals surface area contributed by atoms with Crippen LogP contribution in [-0.2, 0) is 4.79 Å². The molecule has 1 amide bonds. The number of benzene rings is 2. The molecule has 0 radical (unpaired) electrons. The van der Waals surface area contributed by atoms with Gasteiger partial charge in [-0.15, -0.1) is 0 Å². The van der Waals surface area contributed by atoms with E-state index in [4.69, 9.17) is 21.7 Å². The molecular weight excluding hydrogens is 522 g/mol. The maximum absolute atomic E-state index is 12.1. The number of pyridine rings is 1. The second kappa shape index (κ2) is 11.4. The Hall–Kier alpha value is -4.37. The summed E-state index contributed by atoms with van der Waals surface area (Å²) in [6, 6.07) is 21.5. The van der Waals surface area contributed by atoms with Crippen molar-refractivity contribution >= 4 is 34.6 Å². The monoisotopic (exact) mass is 555 g/mol. The normalized spacial score (nSPS) is 16.5. The quantitative estimate of drug-likeness (QED) is 0.257. The third kappa shape index (κ3) is 5.00. The number of hydrogen-bond donors (Lipinski definition) is 2. The molecule has 5 rings (SSSR count). The molecule has 0 bridgehead atoms. The third-order valence-corrected chi connectivity index (χ3v) is 7.57. The van der Waals surface area contributed by atoms with Crippen molar-refractivity contribution in [1.29, 1.82) is 0 Å². The minimum absolute atomic E-state index is 0.0810. The van der Waals surface area contributed by atoms with Gasteiger partial charge in [0.2, 0.25) is 5.91 Å². The zero-order valence-corrected chi connectivity index (χ0v) is 24.1. The summed E-state index contributed by atoms with van der Waals surface area (Å²) >= 11 is 5.94. The molecule has 3 heterocycles. The molecule has 2 aromatic heterocycles. The largest absolute Gasteiger partial charge is 0.497 e. The van der Waals surface area contributed by atoms with Gasteiger partial charge in [0, 0.05) is 47.5 Å². The average molecular weight is 556 g/mol. The lowest BCUT2D eigenvalue weighted by atomic mass is 9.96. The van der Waals surface area contributed by atoms with Crippen LogP contribution in [0.3, 0.4) is 0 Å². The lowest BCUT2D eigenvalue weighted by Gasteiger charge is -2.29. The number of amides is 1. The first-order valence-electron chi connectivity index (χ1n) is 13.2. The lowest BCUT2D eigenvalue weighted by Crippen LogP contribution is -2.29. The van der Waals surface area contributed by atoms with Crippen molar-refractivity contribution in [2.45, 2.75) is 39.3 Å². The van der Waals surface area contributed by atoms with Gasteiger partial charge in [-0.25, -0.2) is 0 Å². The SMILES string of the molecule is CCC(=O)Nc1ccc(N2C(=S)NC(c3ccccn3)C2c2cc(C)n(-c3cccc(OC)c3)c2C)cc1OC. The van der Waals surface area contributed by atoms with E-state index in [1.165, 1.54) is 0 Å². The molecule has 0 aliphatic carbocycles. The van der Waals surface area contributed by atoms with Crippen molar-refractivity contribution in [2.75, 3.05) is 24.4 Å². The smallest absolute Gasteiger partial charge is 0.224 e. The van der Waals surface area contributed by atoms with E-state index in [9.17, 15) is 4.79 Å². The van der Waals surface area contributed by atoms with E-state index >= 15 is 0 Å². The summed E-state index contributed by atoms with van der Waals surface area (Å²) in [5.74, 6) is 1.28. The summed E-state index contributed by atoms with van der Waals surface area (Å²) in [6.45, 7) is 6.04. The van der Waals surface area contributed by atoms with E-state index < -0.39 is 0 Å². The summed E-state index contributed by atoms with van der Waals surface area (Å²) < 4.78 is 13.4. The number of anilines is 2. The fraction of sp³-hybridized carbons (Fsp3) is 0.258. The molecule has 2 aromatic carbocycles. The number of methoxy groups -OCH3 is 2. The van der Waals surface area contributed by atoms with Gasteiger partial charge in [-0.1, -0.05) is 19.1 Å². The van der Waals surface area contributed by atoms with Gasteiger partial charge in [-0.3, -0.25) is 9.78 Å². The Bertz CT molecular complexity index is 1550. The Kier molecular flexibility index (Phi) is 7.75. The number of hydrogen-bond acceptors (Lipinski definition) is 5. The highest BCUT2D eigenvalue weighted by atomic mass is 32.1.